The van der Waals surface area contributed by atoms with E-state index in [1.807, 2.05) is 24.3 Å². The number of ether oxygens (including phenoxy) is 2. The molecule has 0 aliphatic rings. The van der Waals surface area contributed by atoms with Gasteiger partial charge in [0.15, 0.2) is 17.3 Å². The molecule has 0 spiro atoms. The second kappa shape index (κ2) is 7.84. The number of aromatic hydroxyl groups is 1. The lowest BCUT2D eigenvalue weighted by Crippen LogP contribution is -1.95. The number of carbonyl (C=O) groups is 1. The van der Waals surface area contributed by atoms with Crippen LogP contribution in [0.4, 0.5) is 0 Å². The maximum absolute atomic E-state index is 12.1. The molecule has 2 aromatic rings. The molecule has 0 amide bonds. The van der Waals surface area contributed by atoms with E-state index in [9.17, 15) is 9.90 Å². The van der Waals surface area contributed by atoms with Gasteiger partial charge in [-0.2, -0.15) is 0 Å². The first-order chi connectivity index (χ1) is 11.1. The number of phenols is 1. The highest BCUT2D eigenvalue weighted by molar-refractivity contribution is 6.07. The van der Waals surface area contributed by atoms with Gasteiger partial charge in [0.2, 0.25) is 0 Å². The van der Waals surface area contributed by atoms with Gasteiger partial charge >= 0.3 is 0 Å². The van der Waals surface area contributed by atoms with Crippen molar-refractivity contribution in [2.45, 2.75) is 0 Å². The van der Waals surface area contributed by atoms with E-state index in [-0.39, 0.29) is 17.3 Å². The summed E-state index contributed by atoms with van der Waals surface area (Å²) in [6, 6.07) is 11.9. The minimum atomic E-state index is -0.171. The third-order valence-corrected chi connectivity index (χ3v) is 3.14. The first-order valence-corrected chi connectivity index (χ1v) is 7.07. The van der Waals surface area contributed by atoms with Gasteiger partial charge in [-0.25, -0.2) is 0 Å². The Labute approximate surface area is 135 Å². The first kappa shape index (κ1) is 16.4. The van der Waals surface area contributed by atoms with Gasteiger partial charge in [0.05, 0.1) is 7.11 Å². The van der Waals surface area contributed by atoms with E-state index < -0.39 is 0 Å². The third-order valence-electron chi connectivity index (χ3n) is 3.14. The number of rotatable bonds is 7. The molecule has 0 aliphatic heterocycles. The summed E-state index contributed by atoms with van der Waals surface area (Å²) < 4.78 is 10.4. The average Bonchev–Trinajstić information content (AvgIpc) is 2.59. The van der Waals surface area contributed by atoms with Crippen molar-refractivity contribution in [3.05, 3.63) is 72.3 Å². The summed E-state index contributed by atoms with van der Waals surface area (Å²) in [4.78, 5) is 12.1. The minimum absolute atomic E-state index is 0.00291. The standard InChI is InChI=1S/C19H18O4/c1-3-12-23-16-8-4-14(5-9-16)6-10-17(20)15-7-11-18(21)19(13-15)22-2/h3-11,13,21H,1,12H2,2H3/b10-6-. The van der Waals surface area contributed by atoms with Crippen LogP contribution in [-0.2, 0) is 0 Å². The van der Waals surface area contributed by atoms with Gasteiger partial charge in [-0.3, -0.25) is 4.79 Å². The van der Waals surface area contributed by atoms with Crippen LogP contribution in [0.3, 0.4) is 0 Å². The fourth-order valence-electron chi connectivity index (χ4n) is 1.93. The lowest BCUT2D eigenvalue weighted by Gasteiger charge is -2.04. The summed E-state index contributed by atoms with van der Waals surface area (Å²) in [5.74, 6) is 0.850. The van der Waals surface area contributed by atoms with Gasteiger partial charge in [0.25, 0.3) is 0 Å². The molecule has 0 aliphatic carbocycles. The molecule has 0 saturated carbocycles. The van der Waals surface area contributed by atoms with Crippen LogP contribution >= 0.6 is 0 Å². The number of carbonyl (C=O) groups excluding carboxylic acids is 1. The van der Waals surface area contributed by atoms with E-state index in [1.54, 1.807) is 18.2 Å². The van der Waals surface area contributed by atoms with E-state index in [4.69, 9.17) is 9.47 Å². The van der Waals surface area contributed by atoms with Gasteiger partial charge in [0.1, 0.15) is 12.4 Å². The number of hydrogen-bond acceptors (Lipinski definition) is 4. The van der Waals surface area contributed by atoms with E-state index in [0.717, 1.165) is 11.3 Å². The molecular weight excluding hydrogens is 292 g/mol. The topological polar surface area (TPSA) is 55.8 Å². The van der Waals surface area contributed by atoms with E-state index in [0.29, 0.717) is 12.2 Å². The molecule has 0 atom stereocenters. The number of allylic oxidation sites excluding steroid dienone is 1. The Hall–Kier alpha value is -3.01. The molecule has 0 aromatic heterocycles. The monoisotopic (exact) mass is 310 g/mol. The largest absolute Gasteiger partial charge is 0.504 e. The second-order valence-electron chi connectivity index (χ2n) is 4.75. The Morgan fingerprint density at radius 1 is 1.22 bits per heavy atom. The molecule has 0 unspecified atom stereocenters. The fraction of sp³-hybridized carbons (Fsp3) is 0.105. The summed E-state index contributed by atoms with van der Waals surface area (Å²) >= 11 is 0. The molecule has 2 rings (SSSR count). The van der Waals surface area contributed by atoms with Crippen molar-refractivity contribution in [2.24, 2.45) is 0 Å². The van der Waals surface area contributed by atoms with Crippen molar-refractivity contribution >= 4 is 11.9 Å². The van der Waals surface area contributed by atoms with E-state index in [1.165, 1.54) is 25.3 Å². The van der Waals surface area contributed by atoms with Crippen LogP contribution in [0, 0.1) is 0 Å². The fourth-order valence-corrected chi connectivity index (χ4v) is 1.93. The summed E-state index contributed by atoms with van der Waals surface area (Å²) in [6.45, 7) is 4.05. The third kappa shape index (κ3) is 4.48. The molecule has 23 heavy (non-hydrogen) atoms. The van der Waals surface area contributed by atoms with Crippen LogP contribution in [0.15, 0.2) is 61.2 Å². The van der Waals surface area contributed by atoms with Gasteiger partial charge < -0.3 is 14.6 Å². The molecule has 0 fully saturated rings. The Kier molecular flexibility index (Phi) is 5.58. The highest BCUT2D eigenvalue weighted by atomic mass is 16.5. The van der Waals surface area contributed by atoms with Crippen molar-refractivity contribution in [3.8, 4) is 17.2 Å². The van der Waals surface area contributed by atoms with Crippen molar-refractivity contribution in [3.63, 3.8) is 0 Å². The highest BCUT2D eigenvalue weighted by Crippen LogP contribution is 2.26. The zero-order valence-corrected chi connectivity index (χ0v) is 12.9. The Morgan fingerprint density at radius 3 is 2.61 bits per heavy atom. The molecule has 4 heteroatoms. The predicted octanol–water partition coefficient (Wildman–Crippen LogP) is 3.86. The molecule has 0 saturated heterocycles. The predicted molar refractivity (Wildman–Crippen MR) is 90.2 cm³/mol. The lowest BCUT2D eigenvalue weighted by molar-refractivity contribution is 0.104. The van der Waals surface area contributed by atoms with Gasteiger partial charge in [0, 0.05) is 5.56 Å². The number of methoxy groups -OCH3 is 1. The van der Waals surface area contributed by atoms with Crippen molar-refractivity contribution in [1.82, 2.24) is 0 Å². The molecule has 4 nitrogen and oxygen atoms in total. The maximum Gasteiger partial charge on any atom is 0.185 e. The van der Waals surface area contributed by atoms with Crippen LogP contribution in [0.1, 0.15) is 15.9 Å². The van der Waals surface area contributed by atoms with Crippen LogP contribution in [0.2, 0.25) is 0 Å². The molecule has 0 bridgehead atoms. The number of benzene rings is 2. The van der Waals surface area contributed by atoms with Crippen molar-refractivity contribution in [2.75, 3.05) is 13.7 Å². The van der Waals surface area contributed by atoms with E-state index in [2.05, 4.69) is 6.58 Å². The second-order valence-corrected chi connectivity index (χ2v) is 4.75. The Morgan fingerprint density at radius 2 is 1.96 bits per heavy atom. The normalized spacial score (nSPS) is 10.5. The quantitative estimate of drug-likeness (QED) is 0.479. The zero-order valence-electron chi connectivity index (χ0n) is 12.9. The number of hydrogen-bond donors (Lipinski definition) is 1. The molecule has 2 aromatic carbocycles. The smallest absolute Gasteiger partial charge is 0.185 e. The van der Waals surface area contributed by atoms with Gasteiger partial charge in [-0.15, -0.1) is 0 Å². The summed E-state index contributed by atoms with van der Waals surface area (Å²) in [5, 5.41) is 9.54. The molecule has 118 valence electrons. The summed E-state index contributed by atoms with van der Waals surface area (Å²) in [6.07, 6.45) is 4.88. The van der Waals surface area contributed by atoms with Gasteiger partial charge in [-0.05, 0) is 42.0 Å². The Bertz CT molecular complexity index is 715. The summed E-state index contributed by atoms with van der Waals surface area (Å²) in [5.41, 5.74) is 1.33. The lowest BCUT2D eigenvalue weighted by atomic mass is 10.1. The van der Waals surface area contributed by atoms with E-state index >= 15 is 0 Å². The Balaban J connectivity index is 2.07. The van der Waals surface area contributed by atoms with Crippen LogP contribution in [0.25, 0.3) is 6.08 Å². The number of ketones is 1. The highest BCUT2D eigenvalue weighted by Gasteiger charge is 2.07. The molecule has 0 heterocycles. The van der Waals surface area contributed by atoms with Crippen molar-refractivity contribution in [1.29, 1.82) is 0 Å². The zero-order chi connectivity index (χ0) is 16.7. The molecule has 0 radical (unpaired) electrons. The first-order valence-electron chi connectivity index (χ1n) is 7.07. The average molecular weight is 310 g/mol. The molecular formula is C19H18O4. The summed E-state index contributed by atoms with van der Waals surface area (Å²) in [7, 11) is 1.44. The van der Waals surface area contributed by atoms with Gasteiger partial charge in [-0.1, -0.05) is 30.9 Å². The minimum Gasteiger partial charge on any atom is -0.504 e. The van der Waals surface area contributed by atoms with Crippen LogP contribution in [-0.4, -0.2) is 24.6 Å². The molecule has 1 N–H and O–H groups in total. The van der Waals surface area contributed by atoms with Crippen LogP contribution in [0.5, 0.6) is 17.2 Å². The van der Waals surface area contributed by atoms with Crippen LogP contribution < -0.4 is 9.47 Å². The SMILES string of the molecule is C=CCOc1ccc(/C=C\C(=O)c2ccc(O)c(OC)c2)cc1. The maximum atomic E-state index is 12.1. The number of phenolic OH excluding ortho intramolecular Hbond substituents is 1. The van der Waals surface area contributed by atoms with Crippen molar-refractivity contribution < 1.29 is 19.4 Å².